The lowest BCUT2D eigenvalue weighted by molar-refractivity contribution is -0.136. The molecule has 0 unspecified atom stereocenters. The molecule has 2 N–H and O–H groups in total. The Bertz CT molecular complexity index is 402. The van der Waals surface area contributed by atoms with Gasteiger partial charge in [-0.3, -0.25) is 4.79 Å². The smallest absolute Gasteiger partial charge is 0.246 e. The topological polar surface area (TPSA) is 50.4 Å². The van der Waals surface area contributed by atoms with E-state index in [1.165, 1.54) is 0 Å². The molecule has 0 spiro atoms. The Morgan fingerprint density at radius 2 is 2.11 bits per heavy atom. The van der Waals surface area contributed by atoms with Crippen molar-refractivity contribution in [2.75, 3.05) is 19.7 Å². The van der Waals surface area contributed by atoms with Crippen LogP contribution in [0.3, 0.4) is 0 Å². The fraction of sp³-hybridized carbons (Fsp3) is 0.500. The number of ether oxygens (including phenoxy) is 1. The van der Waals surface area contributed by atoms with Gasteiger partial charge in [-0.25, -0.2) is 0 Å². The van der Waals surface area contributed by atoms with E-state index in [1.807, 2.05) is 44.2 Å². The summed E-state index contributed by atoms with van der Waals surface area (Å²) in [5.74, 6) is -0.0699. The van der Waals surface area contributed by atoms with E-state index in [0.717, 1.165) is 18.7 Å². The largest absolute Gasteiger partial charge is 0.363 e. The van der Waals surface area contributed by atoms with Crippen LogP contribution in [0, 0.1) is 0 Å². The molecular formula is C14H20N2O2. The summed E-state index contributed by atoms with van der Waals surface area (Å²) in [6, 6.07) is 9.91. The second-order valence-corrected chi connectivity index (χ2v) is 5.04. The molecule has 0 aliphatic carbocycles. The Labute approximate surface area is 108 Å². The second-order valence-electron chi connectivity index (χ2n) is 5.04. The van der Waals surface area contributed by atoms with E-state index in [1.54, 1.807) is 0 Å². The molecule has 1 saturated heterocycles. The molecule has 1 fully saturated rings. The standard InChI is InChI=1S/C14H20N2O2/c1-11(12-6-4-3-5-7-12)16-13(17)8-18-14(2)9-15-10-14/h3-7,11,15H,8-10H2,1-2H3,(H,16,17)/t11-/m0/s1. The van der Waals surface area contributed by atoms with Crippen molar-refractivity contribution in [1.29, 1.82) is 0 Å². The van der Waals surface area contributed by atoms with Gasteiger partial charge in [-0.15, -0.1) is 0 Å². The molecule has 1 aliphatic heterocycles. The minimum absolute atomic E-state index is 0.00891. The maximum atomic E-state index is 11.8. The molecule has 98 valence electrons. The fourth-order valence-corrected chi connectivity index (χ4v) is 1.93. The number of rotatable bonds is 5. The zero-order chi connectivity index (χ0) is 13.0. The van der Waals surface area contributed by atoms with Crippen LogP contribution in [0.1, 0.15) is 25.5 Å². The van der Waals surface area contributed by atoms with E-state index in [2.05, 4.69) is 10.6 Å². The zero-order valence-corrected chi connectivity index (χ0v) is 10.9. The molecule has 2 rings (SSSR count). The van der Waals surface area contributed by atoms with Crippen LogP contribution in [0.15, 0.2) is 30.3 Å². The summed E-state index contributed by atoms with van der Waals surface area (Å²) in [6.07, 6.45) is 0. The van der Waals surface area contributed by atoms with Crippen LogP contribution in [-0.2, 0) is 9.53 Å². The zero-order valence-electron chi connectivity index (χ0n) is 10.9. The molecule has 4 nitrogen and oxygen atoms in total. The number of benzene rings is 1. The predicted molar refractivity (Wildman–Crippen MR) is 70.2 cm³/mol. The van der Waals surface area contributed by atoms with Gasteiger partial charge in [0.25, 0.3) is 0 Å². The number of nitrogens with one attached hydrogen (secondary N) is 2. The highest BCUT2D eigenvalue weighted by Crippen LogP contribution is 2.15. The van der Waals surface area contributed by atoms with Crippen molar-refractivity contribution in [3.8, 4) is 0 Å². The molecule has 1 aromatic rings. The van der Waals surface area contributed by atoms with Gasteiger partial charge in [0.15, 0.2) is 0 Å². The molecular weight excluding hydrogens is 228 g/mol. The Kier molecular flexibility index (Phi) is 3.99. The van der Waals surface area contributed by atoms with Gasteiger partial charge >= 0.3 is 0 Å². The van der Waals surface area contributed by atoms with Gasteiger partial charge in [-0.05, 0) is 19.4 Å². The van der Waals surface area contributed by atoms with Crippen molar-refractivity contribution in [3.63, 3.8) is 0 Å². The van der Waals surface area contributed by atoms with Crippen molar-refractivity contribution in [1.82, 2.24) is 10.6 Å². The number of hydrogen-bond donors (Lipinski definition) is 2. The van der Waals surface area contributed by atoms with Gasteiger partial charge < -0.3 is 15.4 Å². The van der Waals surface area contributed by atoms with Crippen LogP contribution in [0.5, 0.6) is 0 Å². The monoisotopic (exact) mass is 248 g/mol. The summed E-state index contributed by atoms with van der Waals surface area (Å²) in [7, 11) is 0. The van der Waals surface area contributed by atoms with Gasteiger partial charge in [0.1, 0.15) is 6.61 Å². The lowest BCUT2D eigenvalue weighted by Crippen LogP contribution is -2.59. The first-order valence-corrected chi connectivity index (χ1v) is 6.28. The highest BCUT2D eigenvalue weighted by Gasteiger charge is 2.33. The average Bonchev–Trinajstić information content (AvgIpc) is 2.35. The van der Waals surface area contributed by atoms with Gasteiger partial charge in [-0.1, -0.05) is 30.3 Å². The molecule has 1 aliphatic rings. The van der Waals surface area contributed by atoms with Crippen LogP contribution >= 0.6 is 0 Å². The SMILES string of the molecule is C[C@H](NC(=O)COC1(C)CNC1)c1ccccc1. The van der Waals surface area contributed by atoms with Gasteiger partial charge in [0.2, 0.25) is 5.91 Å². The first kappa shape index (κ1) is 13.1. The lowest BCUT2D eigenvalue weighted by atomic mass is 10.0. The van der Waals surface area contributed by atoms with Crippen molar-refractivity contribution in [3.05, 3.63) is 35.9 Å². The molecule has 4 heteroatoms. The lowest BCUT2D eigenvalue weighted by Gasteiger charge is -2.38. The Morgan fingerprint density at radius 1 is 1.44 bits per heavy atom. The summed E-state index contributed by atoms with van der Waals surface area (Å²) in [5.41, 5.74) is 0.926. The third-order valence-electron chi connectivity index (χ3n) is 3.23. The summed E-state index contributed by atoms with van der Waals surface area (Å²) in [4.78, 5) is 11.8. The average molecular weight is 248 g/mol. The number of amides is 1. The first-order chi connectivity index (χ1) is 8.59. The van der Waals surface area contributed by atoms with E-state index >= 15 is 0 Å². The molecule has 0 saturated carbocycles. The summed E-state index contributed by atoms with van der Waals surface area (Å²) in [5, 5.41) is 6.07. The molecule has 0 radical (unpaired) electrons. The van der Waals surface area contributed by atoms with E-state index < -0.39 is 0 Å². The number of hydrogen-bond acceptors (Lipinski definition) is 3. The van der Waals surface area contributed by atoms with Crippen molar-refractivity contribution in [2.24, 2.45) is 0 Å². The third kappa shape index (κ3) is 3.31. The molecule has 1 atom stereocenters. The van der Waals surface area contributed by atoms with E-state index in [-0.39, 0.29) is 24.2 Å². The highest BCUT2D eigenvalue weighted by atomic mass is 16.5. The van der Waals surface area contributed by atoms with Crippen LogP contribution in [0.4, 0.5) is 0 Å². The molecule has 1 aromatic carbocycles. The highest BCUT2D eigenvalue weighted by molar-refractivity contribution is 5.77. The van der Waals surface area contributed by atoms with Crippen molar-refractivity contribution >= 4 is 5.91 Å². The van der Waals surface area contributed by atoms with E-state index in [4.69, 9.17) is 4.74 Å². The number of carbonyl (C=O) groups excluding carboxylic acids is 1. The van der Waals surface area contributed by atoms with Crippen LogP contribution in [0.2, 0.25) is 0 Å². The summed E-state index contributed by atoms with van der Waals surface area (Å²) in [6.45, 7) is 5.73. The van der Waals surface area contributed by atoms with Crippen molar-refractivity contribution in [2.45, 2.75) is 25.5 Å². The molecule has 0 aromatic heterocycles. The quantitative estimate of drug-likeness (QED) is 0.824. The molecule has 1 amide bonds. The van der Waals surface area contributed by atoms with Crippen LogP contribution in [-0.4, -0.2) is 31.2 Å². The Balaban J connectivity index is 1.77. The maximum Gasteiger partial charge on any atom is 0.246 e. The van der Waals surface area contributed by atoms with Gasteiger partial charge in [-0.2, -0.15) is 0 Å². The Morgan fingerprint density at radius 3 is 2.67 bits per heavy atom. The van der Waals surface area contributed by atoms with E-state index in [9.17, 15) is 4.79 Å². The molecule has 18 heavy (non-hydrogen) atoms. The van der Waals surface area contributed by atoms with Crippen LogP contribution < -0.4 is 10.6 Å². The molecule has 1 heterocycles. The summed E-state index contributed by atoms with van der Waals surface area (Å²) >= 11 is 0. The Hall–Kier alpha value is -1.39. The predicted octanol–water partition coefficient (Wildman–Crippen LogP) is 1.24. The third-order valence-corrected chi connectivity index (χ3v) is 3.23. The number of carbonyl (C=O) groups is 1. The van der Waals surface area contributed by atoms with Crippen molar-refractivity contribution < 1.29 is 9.53 Å². The minimum atomic E-state index is -0.173. The van der Waals surface area contributed by atoms with Gasteiger partial charge in [0, 0.05) is 13.1 Å². The molecule has 0 bridgehead atoms. The second kappa shape index (κ2) is 5.50. The van der Waals surface area contributed by atoms with E-state index in [0.29, 0.717) is 0 Å². The first-order valence-electron chi connectivity index (χ1n) is 6.28. The fourth-order valence-electron chi connectivity index (χ4n) is 1.93. The minimum Gasteiger partial charge on any atom is -0.363 e. The van der Waals surface area contributed by atoms with Crippen LogP contribution in [0.25, 0.3) is 0 Å². The normalized spacial score (nSPS) is 18.8. The maximum absolute atomic E-state index is 11.8. The summed E-state index contributed by atoms with van der Waals surface area (Å²) < 4.78 is 5.59. The van der Waals surface area contributed by atoms with Gasteiger partial charge in [0.05, 0.1) is 11.6 Å².